The zero-order chi connectivity index (χ0) is 14.5. The van der Waals surface area contributed by atoms with Gasteiger partial charge in [0, 0.05) is 6.54 Å². The molecule has 0 aliphatic heterocycles. The number of carbonyl (C=O) groups is 1. The van der Waals surface area contributed by atoms with E-state index in [1.165, 1.54) is 4.68 Å². The van der Waals surface area contributed by atoms with Crippen molar-refractivity contribution >= 4 is 34.8 Å². The number of nitrogens with zero attached hydrogens (tertiary/aromatic N) is 3. The average Bonchev–Trinajstić information content (AvgIpc) is 2.83. The fraction of sp³-hybridized carbons (Fsp3) is 0.250. The number of carbonyl (C=O) groups excluding carboxylic acids is 1. The number of amides is 1. The summed E-state index contributed by atoms with van der Waals surface area (Å²) in [5, 5.41) is 14.1. The van der Waals surface area contributed by atoms with Gasteiger partial charge in [-0.3, -0.25) is 4.79 Å². The van der Waals surface area contributed by atoms with E-state index in [9.17, 15) is 4.79 Å². The summed E-state index contributed by atoms with van der Waals surface area (Å²) in [6, 6.07) is 5.05. The Kier molecular flexibility index (Phi) is 4.94. The first-order chi connectivity index (χ1) is 9.60. The van der Waals surface area contributed by atoms with E-state index < -0.39 is 0 Å². The second kappa shape index (κ2) is 6.69. The second-order valence-electron chi connectivity index (χ2n) is 4.09. The molecule has 2 N–H and O–H groups in total. The van der Waals surface area contributed by atoms with Crippen molar-refractivity contribution in [1.29, 1.82) is 0 Å². The number of hydrogen-bond acceptors (Lipinski definition) is 4. The van der Waals surface area contributed by atoms with E-state index in [1.54, 1.807) is 24.4 Å². The van der Waals surface area contributed by atoms with Crippen LogP contribution in [0.25, 0.3) is 0 Å². The van der Waals surface area contributed by atoms with E-state index >= 15 is 0 Å². The number of aromatic nitrogens is 3. The molecule has 6 nitrogen and oxygen atoms in total. The molecule has 0 atom stereocenters. The van der Waals surface area contributed by atoms with Crippen LogP contribution in [-0.4, -0.2) is 27.9 Å². The summed E-state index contributed by atoms with van der Waals surface area (Å²) < 4.78 is 1.46. The first kappa shape index (κ1) is 14.8. The SMILES string of the molecule is CNCc1cn(CC(=O)Nc2cccc(Cl)c2Cl)nn1. The molecule has 0 saturated carbocycles. The Morgan fingerprint density at radius 1 is 1.40 bits per heavy atom. The van der Waals surface area contributed by atoms with Gasteiger partial charge in [-0.05, 0) is 19.2 Å². The summed E-state index contributed by atoms with van der Waals surface area (Å²) >= 11 is 11.9. The van der Waals surface area contributed by atoms with Crippen LogP contribution in [0, 0.1) is 0 Å². The number of halogens is 2. The van der Waals surface area contributed by atoms with E-state index in [1.807, 2.05) is 7.05 Å². The average molecular weight is 314 g/mol. The fourth-order valence-corrected chi connectivity index (χ4v) is 1.96. The Morgan fingerprint density at radius 2 is 2.20 bits per heavy atom. The van der Waals surface area contributed by atoms with Crippen molar-refractivity contribution in [3.8, 4) is 0 Å². The molecule has 1 aromatic carbocycles. The van der Waals surface area contributed by atoms with E-state index in [2.05, 4.69) is 20.9 Å². The number of nitrogens with one attached hydrogen (secondary N) is 2. The van der Waals surface area contributed by atoms with Crippen molar-refractivity contribution in [2.75, 3.05) is 12.4 Å². The summed E-state index contributed by atoms with van der Waals surface area (Å²) in [6.07, 6.45) is 1.70. The van der Waals surface area contributed by atoms with Gasteiger partial charge >= 0.3 is 0 Å². The summed E-state index contributed by atoms with van der Waals surface area (Å²) in [7, 11) is 1.81. The highest BCUT2D eigenvalue weighted by Crippen LogP contribution is 2.29. The number of rotatable bonds is 5. The van der Waals surface area contributed by atoms with Crippen molar-refractivity contribution in [2.24, 2.45) is 0 Å². The van der Waals surface area contributed by atoms with Crippen molar-refractivity contribution in [3.05, 3.63) is 40.1 Å². The van der Waals surface area contributed by atoms with Gasteiger partial charge in [0.2, 0.25) is 5.91 Å². The van der Waals surface area contributed by atoms with E-state index in [4.69, 9.17) is 23.2 Å². The lowest BCUT2D eigenvalue weighted by Gasteiger charge is -2.07. The molecule has 2 aromatic rings. The van der Waals surface area contributed by atoms with Gasteiger partial charge in [0.1, 0.15) is 6.54 Å². The molecule has 0 aliphatic carbocycles. The van der Waals surface area contributed by atoms with E-state index in [0.29, 0.717) is 22.3 Å². The molecule has 0 spiro atoms. The molecular formula is C12H13Cl2N5O. The highest BCUT2D eigenvalue weighted by molar-refractivity contribution is 6.43. The molecule has 106 valence electrons. The maximum Gasteiger partial charge on any atom is 0.246 e. The highest BCUT2D eigenvalue weighted by Gasteiger charge is 2.10. The maximum atomic E-state index is 11.9. The Labute approximate surface area is 126 Å². The van der Waals surface area contributed by atoms with Crippen molar-refractivity contribution in [3.63, 3.8) is 0 Å². The second-order valence-corrected chi connectivity index (χ2v) is 4.87. The number of benzene rings is 1. The lowest BCUT2D eigenvalue weighted by Crippen LogP contribution is -2.19. The van der Waals surface area contributed by atoms with Crippen LogP contribution in [0.15, 0.2) is 24.4 Å². The van der Waals surface area contributed by atoms with E-state index in [0.717, 1.165) is 5.69 Å². The summed E-state index contributed by atoms with van der Waals surface area (Å²) in [4.78, 5) is 11.9. The van der Waals surface area contributed by atoms with Crippen LogP contribution in [0.4, 0.5) is 5.69 Å². The molecule has 0 bridgehead atoms. The Morgan fingerprint density at radius 3 is 2.95 bits per heavy atom. The predicted octanol–water partition coefficient (Wildman–Crippen LogP) is 1.94. The van der Waals surface area contributed by atoms with Crippen LogP contribution in [0.3, 0.4) is 0 Å². The maximum absolute atomic E-state index is 11.9. The van der Waals surface area contributed by atoms with Crippen LogP contribution < -0.4 is 10.6 Å². The van der Waals surface area contributed by atoms with Crippen LogP contribution in [0.1, 0.15) is 5.69 Å². The monoisotopic (exact) mass is 313 g/mol. The first-order valence-corrected chi connectivity index (χ1v) is 6.63. The zero-order valence-electron chi connectivity index (χ0n) is 10.7. The molecule has 0 unspecified atom stereocenters. The van der Waals surface area contributed by atoms with Crippen LogP contribution in [0.2, 0.25) is 10.0 Å². The predicted molar refractivity (Wildman–Crippen MR) is 77.9 cm³/mol. The van der Waals surface area contributed by atoms with E-state index in [-0.39, 0.29) is 12.5 Å². The molecule has 8 heteroatoms. The largest absolute Gasteiger partial charge is 0.323 e. The molecule has 1 heterocycles. The molecule has 1 amide bonds. The van der Waals surface area contributed by atoms with Gasteiger partial charge in [-0.15, -0.1) is 5.10 Å². The molecule has 2 rings (SSSR count). The minimum absolute atomic E-state index is 0.0551. The van der Waals surface area contributed by atoms with Gasteiger partial charge in [0.25, 0.3) is 0 Å². The van der Waals surface area contributed by atoms with Gasteiger partial charge in [0.05, 0.1) is 27.6 Å². The van der Waals surface area contributed by atoms with Crippen molar-refractivity contribution in [1.82, 2.24) is 20.3 Å². The third-order valence-electron chi connectivity index (χ3n) is 2.48. The Balaban J connectivity index is 1.99. The lowest BCUT2D eigenvalue weighted by atomic mass is 10.3. The van der Waals surface area contributed by atoms with Gasteiger partial charge in [-0.2, -0.15) is 0 Å². The van der Waals surface area contributed by atoms with Gasteiger partial charge in [-0.25, -0.2) is 4.68 Å². The van der Waals surface area contributed by atoms with Gasteiger partial charge in [-0.1, -0.05) is 34.5 Å². The molecule has 0 aliphatic rings. The van der Waals surface area contributed by atoms with Crippen molar-refractivity contribution in [2.45, 2.75) is 13.1 Å². The number of anilines is 1. The fourth-order valence-electron chi connectivity index (χ4n) is 1.62. The normalized spacial score (nSPS) is 10.6. The van der Waals surface area contributed by atoms with Gasteiger partial charge in [0.15, 0.2) is 0 Å². The smallest absolute Gasteiger partial charge is 0.246 e. The third kappa shape index (κ3) is 3.69. The molecule has 20 heavy (non-hydrogen) atoms. The zero-order valence-corrected chi connectivity index (χ0v) is 12.2. The topological polar surface area (TPSA) is 71.8 Å². The minimum atomic E-state index is -0.255. The molecule has 0 radical (unpaired) electrons. The van der Waals surface area contributed by atoms with Gasteiger partial charge < -0.3 is 10.6 Å². The number of hydrogen-bond donors (Lipinski definition) is 2. The quantitative estimate of drug-likeness (QED) is 0.885. The van der Waals surface area contributed by atoms with Crippen LogP contribution in [-0.2, 0) is 17.9 Å². The lowest BCUT2D eigenvalue weighted by molar-refractivity contribution is -0.116. The van der Waals surface area contributed by atoms with Crippen LogP contribution >= 0.6 is 23.2 Å². The Bertz CT molecular complexity index is 614. The van der Waals surface area contributed by atoms with Crippen LogP contribution in [0.5, 0.6) is 0 Å². The molecule has 0 saturated heterocycles. The molecular weight excluding hydrogens is 301 g/mol. The molecule has 1 aromatic heterocycles. The standard InChI is InChI=1S/C12H13Cl2N5O/c1-15-5-8-6-19(18-17-8)7-11(20)16-10-4-2-3-9(13)12(10)14/h2-4,6,15H,5,7H2,1H3,(H,16,20). The summed E-state index contributed by atoms with van der Waals surface area (Å²) in [6.45, 7) is 0.654. The first-order valence-electron chi connectivity index (χ1n) is 5.87. The highest BCUT2D eigenvalue weighted by atomic mass is 35.5. The minimum Gasteiger partial charge on any atom is -0.323 e. The summed E-state index contributed by atoms with van der Waals surface area (Å²) in [5.74, 6) is -0.255. The third-order valence-corrected chi connectivity index (χ3v) is 3.29. The Hall–Kier alpha value is -1.63. The summed E-state index contributed by atoms with van der Waals surface area (Å²) in [5.41, 5.74) is 1.24. The van der Waals surface area contributed by atoms with Crippen molar-refractivity contribution < 1.29 is 4.79 Å². The molecule has 0 fully saturated rings.